The van der Waals surface area contributed by atoms with Crippen LogP contribution in [-0.4, -0.2) is 17.5 Å². The van der Waals surface area contributed by atoms with Crippen molar-refractivity contribution in [3.05, 3.63) is 63.4 Å². The number of carbonyl (C=O) groups excluding carboxylic acids is 1. The van der Waals surface area contributed by atoms with Crippen LogP contribution in [0, 0.1) is 5.82 Å². The Morgan fingerprint density at radius 2 is 1.86 bits per heavy atom. The minimum atomic E-state index is -0.904. The topological polar surface area (TPSA) is 41.1 Å². The molecule has 1 saturated heterocycles. The van der Waals surface area contributed by atoms with Crippen LogP contribution in [0.3, 0.4) is 0 Å². The fraction of sp³-hybridized carbons (Fsp3) is 0.435. The van der Waals surface area contributed by atoms with Crippen molar-refractivity contribution < 1.29 is 9.18 Å². The first-order valence-electron chi connectivity index (χ1n) is 10.2. The maximum atomic E-state index is 15.3. The van der Waals surface area contributed by atoms with E-state index < -0.39 is 16.8 Å². The molecule has 0 unspecified atom stereocenters. The summed E-state index contributed by atoms with van der Waals surface area (Å²) in [6.45, 7) is 2.05. The predicted octanol–water partition coefficient (Wildman–Crippen LogP) is 5.80. The maximum absolute atomic E-state index is 15.3. The van der Waals surface area contributed by atoms with Crippen molar-refractivity contribution in [2.24, 2.45) is 0 Å². The van der Waals surface area contributed by atoms with Crippen LogP contribution in [-0.2, 0) is 10.2 Å². The van der Waals surface area contributed by atoms with Crippen LogP contribution in [0.15, 0.2) is 36.4 Å². The molecular formula is C23H23Cl2FN2O. The summed E-state index contributed by atoms with van der Waals surface area (Å²) in [6.07, 6.45) is 5.00. The molecule has 1 saturated carbocycles. The summed E-state index contributed by atoms with van der Waals surface area (Å²) in [5, 5.41) is 7.52. The molecule has 3 nitrogen and oxygen atoms in total. The largest absolute Gasteiger partial charge is 0.325 e. The number of hydrogen-bond donors (Lipinski definition) is 2. The highest BCUT2D eigenvalue weighted by Gasteiger charge is 2.70. The third-order valence-corrected chi connectivity index (χ3v) is 7.79. The van der Waals surface area contributed by atoms with Crippen LogP contribution in [0.4, 0.5) is 10.1 Å². The molecule has 152 valence electrons. The minimum Gasteiger partial charge on any atom is -0.325 e. The van der Waals surface area contributed by atoms with E-state index in [4.69, 9.17) is 23.2 Å². The van der Waals surface area contributed by atoms with Gasteiger partial charge >= 0.3 is 0 Å². The van der Waals surface area contributed by atoms with Crippen LogP contribution in [0.1, 0.15) is 56.1 Å². The number of hydrogen-bond acceptors (Lipinski definition) is 2. The highest BCUT2D eigenvalue weighted by molar-refractivity contribution is 6.31. The highest BCUT2D eigenvalue weighted by atomic mass is 35.5. The molecule has 0 radical (unpaired) electrons. The van der Waals surface area contributed by atoms with E-state index in [1.807, 2.05) is 12.1 Å². The average molecular weight is 433 g/mol. The Bertz CT molecular complexity index is 1000. The first-order valence-corrected chi connectivity index (χ1v) is 11.0. The summed E-state index contributed by atoms with van der Waals surface area (Å²) in [6, 6.07) is 10.6. The van der Waals surface area contributed by atoms with Gasteiger partial charge < -0.3 is 10.6 Å². The van der Waals surface area contributed by atoms with Gasteiger partial charge in [0, 0.05) is 28.2 Å². The van der Waals surface area contributed by atoms with Crippen molar-refractivity contribution in [1.29, 1.82) is 0 Å². The maximum Gasteiger partial charge on any atom is 0.237 e. The molecule has 0 aromatic heterocycles. The molecule has 2 spiro atoms. The van der Waals surface area contributed by atoms with E-state index in [-0.39, 0.29) is 22.9 Å². The first kappa shape index (κ1) is 19.3. The monoisotopic (exact) mass is 432 g/mol. The Morgan fingerprint density at radius 1 is 1.10 bits per heavy atom. The van der Waals surface area contributed by atoms with E-state index in [0.29, 0.717) is 10.6 Å². The Kier molecular flexibility index (Phi) is 4.47. The molecular weight excluding hydrogens is 410 g/mol. The van der Waals surface area contributed by atoms with Gasteiger partial charge in [-0.15, -0.1) is 0 Å². The summed E-state index contributed by atoms with van der Waals surface area (Å²) in [7, 11) is 0. The van der Waals surface area contributed by atoms with Gasteiger partial charge in [0.2, 0.25) is 5.91 Å². The molecule has 2 aromatic carbocycles. The van der Waals surface area contributed by atoms with Crippen LogP contribution < -0.4 is 10.6 Å². The summed E-state index contributed by atoms with van der Waals surface area (Å²) >= 11 is 12.4. The van der Waals surface area contributed by atoms with E-state index in [1.165, 1.54) is 0 Å². The molecule has 2 N–H and O–H groups in total. The summed E-state index contributed by atoms with van der Waals surface area (Å²) in [5.41, 5.74) is 0.814. The molecule has 5 rings (SSSR count). The van der Waals surface area contributed by atoms with Gasteiger partial charge in [0.15, 0.2) is 0 Å². The van der Waals surface area contributed by atoms with Gasteiger partial charge in [0.05, 0.1) is 5.02 Å². The van der Waals surface area contributed by atoms with E-state index in [0.717, 1.165) is 43.4 Å². The summed E-state index contributed by atoms with van der Waals surface area (Å²) in [5.74, 6) is -0.880. The van der Waals surface area contributed by atoms with Crippen LogP contribution in [0.25, 0.3) is 0 Å². The summed E-state index contributed by atoms with van der Waals surface area (Å²) < 4.78 is 15.3. The lowest BCUT2D eigenvalue weighted by Crippen LogP contribution is -2.60. The lowest BCUT2D eigenvalue weighted by atomic mass is 9.55. The van der Waals surface area contributed by atoms with E-state index >= 15 is 4.39 Å². The van der Waals surface area contributed by atoms with Crippen molar-refractivity contribution in [2.45, 2.75) is 61.9 Å². The molecule has 2 aromatic rings. The van der Waals surface area contributed by atoms with E-state index in [2.05, 4.69) is 17.6 Å². The van der Waals surface area contributed by atoms with Gasteiger partial charge in [-0.05, 0) is 49.1 Å². The number of benzene rings is 2. The van der Waals surface area contributed by atoms with E-state index in [9.17, 15) is 4.79 Å². The molecule has 0 bridgehead atoms. The van der Waals surface area contributed by atoms with Crippen molar-refractivity contribution in [2.75, 3.05) is 5.32 Å². The van der Waals surface area contributed by atoms with Gasteiger partial charge in [-0.2, -0.15) is 0 Å². The second kappa shape index (κ2) is 6.69. The highest BCUT2D eigenvalue weighted by Crippen LogP contribution is 2.62. The standard InChI is InChI=1S/C23H23Cl2FN2O/c1-13-19(15-6-5-7-17(25)20(15)26)23(22(28-13)10-3-2-4-11-22)16-9-8-14(24)12-18(16)27-21(23)29/h5-9,12-13,19,28H,2-4,10-11H2,1H3,(H,27,29)/t13-,19+,23+/m0/s1. The average Bonchev–Trinajstić information content (AvgIpc) is 3.11. The first-order chi connectivity index (χ1) is 13.9. The SMILES string of the molecule is C[C@@H]1NC2(CCCCC2)[C@@]2(C(=O)Nc3cc(Cl)ccc32)[C@H]1c1cccc(Cl)c1F. The number of amides is 1. The Morgan fingerprint density at radius 3 is 2.62 bits per heavy atom. The second-order valence-corrected chi connectivity index (χ2v) is 9.49. The molecule has 2 aliphatic heterocycles. The minimum absolute atomic E-state index is 0.0714. The third-order valence-electron chi connectivity index (χ3n) is 7.26. The van der Waals surface area contributed by atoms with Gasteiger partial charge in [0.25, 0.3) is 0 Å². The van der Waals surface area contributed by atoms with Crippen molar-refractivity contribution in [1.82, 2.24) is 5.32 Å². The lowest BCUT2D eigenvalue weighted by Gasteiger charge is -2.47. The molecule has 1 amide bonds. The normalized spacial score (nSPS) is 30.0. The zero-order valence-electron chi connectivity index (χ0n) is 16.2. The van der Waals surface area contributed by atoms with Gasteiger partial charge in [-0.25, -0.2) is 4.39 Å². The zero-order chi connectivity index (χ0) is 20.4. The second-order valence-electron chi connectivity index (χ2n) is 8.65. The fourth-order valence-electron chi connectivity index (χ4n) is 6.35. The quantitative estimate of drug-likeness (QED) is 0.597. The number of nitrogens with one attached hydrogen (secondary N) is 2. The van der Waals surface area contributed by atoms with Gasteiger partial charge in [0.1, 0.15) is 11.2 Å². The fourth-order valence-corrected chi connectivity index (χ4v) is 6.71. The van der Waals surface area contributed by atoms with Gasteiger partial charge in [-0.1, -0.05) is 60.7 Å². The number of fused-ring (bicyclic) bond motifs is 3. The van der Waals surface area contributed by atoms with E-state index in [1.54, 1.807) is 24.3 Å². The van der Waals surface area contributed by atoms with Crippen LogP contribution in [0.5, 0.6) is 0 Å². The summed E-state index contributed by atoms with van der Waals surface area (Å²) in [4.78, 5) is 13.8. The van der Waals surface area contributed by atoms with Crippen molar-refractivity contribution in [3.63, 3.8) is 0 Å². The molecule has 3 aliphatic rings. The van der Waals surface area contributed by atoms with Crippen molar-refractivity contribution in [3.8, 4) is 0 Å². The molecule has 29 heavy (non-hydrogen) atoms. The Hall–Kier alpha value is -1.62. The molecule has 2 heterocycles. The lowest BCUT2D eigenvalue weighted by molar-refractivity contribution is -0.124. The number of halogens is 3. The molecule has 6 heteroatoms. The molecule has 3 atom stereocenters. The van der Waals surface area contributed by atoms with Crippen LogP contribution >= 0.6 is 23.2 Å². The Labute approximate surface area is 180 Å². The molecule has 1 aliphatic carbocycles. The zero-order valence-corrected chi connectivity index (χ0v) is 17.7. The predicted molar refractivity (Wildman–Crippen MR) is 114 cm³/mol. The van der Waals surface area contributed by atoms with Gasteiger partial charge in [-0.3, -0.25) is 4.79 Å². The number of rotatable bonds is 1. The Balaban J connectivity index is 1.82. The molecule has 2 fully saturated rings. The number of carbonyl (C=O) groups is 1. The third kappa shape index (κ3) is 2.49. The smallest absolute Gasteiger partial charge is 0.237 e. The number of anilines is 1. The van der Waals surface area contributed by atoms with Crippen molar-refractivity contribution >= 4 is 34.8 Å². The van der Waals surface area contributed by atoms with Crippen LogP contribution in [0.2, 0.25) is 10.0 Å².